The molecule has 0 saturated carbocycles. The lowest BCUT2D eigenvalue weighted by atomic mass is 9.82. The van der Waals surface area contributed by atoms with Crippen molar-refractivity contribution in [2.24, 2.45) is 11.7 Å². The van der Waals surface area contributed by atoms with Gasteiger partial charge in [0.2, 0.25) is 5.91 Å². The molecule has 1 heterocycles. The quantitative estimate of drug-likeness (QED) is 0.888. The normalized spacial score (nSPS) is 26.5. The summed E-state index contributed by atoms with van der Waals surface area (Å²) in [5.41, 5.74) is 7.08. The van der Waals surface area contributed by atoms with Crippen LogP contribution in [0.5, 0.6) is 0 Å². The van der Waals surface area contributed by atoms with Crippen LogP contribution >= 0.6 is 0 Å². The number of amides is 1. The highest BCUT2D eigenvalue weighted by molar-refractivity contribution is 5.88. The van der Waals surface area contributed by atoms with Crippen LogP contribution in [0.4, 0.5) is 5.69 Å². The van der Waals surface area contributed by atoms with Crippen molar-refractivity contribution in [3.05, 3.63) is 29.8 Å². The predicted molar refractivity (Wildman–Crippen MR) is 80.5 cm³/mol. The minimum atomic E-state index is -0.707. The molecule has 110 valence electrons. The van der Waals surface area contributed by atoms with Crippen LogP contribution in [0.2, 0.25) is 0 Å². The molecule has 0 radical (unpaired) electrons. The molecule has 3 N–H and O–H groups in total. The molecule has 4 heteroatoms. The molecule has 1 amide bonds. The van der Waals surface area contributed by atoms with Crippen LogP contribution in [0.25, 0.3) is 0 Å². The smallest absolute Gasteiger partial charge is 0.243 e. The second kappa shape index (κ2) is 5.83. The third-order valence-corrected chi connectivity index (χ3v) is 4.03. The van der Waals surface area contributed by atoms with Crippen molar-refractivity contribution in [3.8, 4) is 0 Å². The summed E-state index contributed by atoms with van der Waals surface area (Å²) in [5, 5.41) is 3.36. The van der Waals surface area contributed by atoms with E-state index in [1.165, 1.54) is 0 Å². The lowest BCUT2D eigenvalue weighted by Crippen LogP contribution is -2.56. The van der Waals surface area contributed by atoms with Crippen LogP contribution in [0.15, 0.2) is 24.3 Å². The highest BCUT2D eigenvalue weighted by atomic mass is 16.5. The molecule has 0 spiro atoms. The minimum absolute atomic E-state index is 0.0635. The van der Waals surface area contributed by atoms with Gasteiger partial charge in [-0.1, -0.05) is 26.0 Å². The number of anilines is 1. The average Bonchev–Trinajstić information content (AvgIpc) is 2.38. The van der Waals surface area contributed by atoms with Crippen molar-refractivity contribution < 1.29 is 9.53 Å². The monoisotopic (exact) mass is 276 g/mol. The Morgan fingerprint density at radius 1 is 1.50 bits per heavy atom. The van der Waals surface area contributed by atoms with E-state index < -0.39 is 5.54 Å². The van der Waals surface area contributed by atoms with Gasteiger partial charge in [-0.2, -0.15) is 0 Å². The second-order valence-electron chi connectivity index (χ2n) is 6.05. The molecule has 0 bridgehead atoms. The molecule has 1 aromatic carbocycles. The van der Waals surface area contributed by atoms with Crippen molar-refractivity contribution >= 4 is 11.6 Å². The van der Waals surface area contributed by atoms with E-state index >= 15 is 0 Å². The summed E-state index contributed by atoms with van der Waals surface area (Å²) in [4.78, 5) is 12.0. The van der Waals surface area contributed by atoms with Gasteiger partial charge >= 0.3 is 0 Å². The molecule has 1 aliphatic rings. The lowest BCUT2D eigenvalue weighted by Gasteiger charge is -2.41. The van der Waals surface area contributed by atoms with E-state index in [9.17, 15) is 4.79 Å². The maximum Gasteiger partial charge on any atom is 0.243 e. The number of carbonyl (C=O) groups excluding carboxylic acids is 1. The fourth-order valence-corrected chi connectivity index (χ4v) is 2.72. The number of aryl methyl sites for hydroxylation is 1. The third kappa shape index (κ3) is 3.12. The van der Waals surface area contributed by atoms with Gasteiger partial charge < -0.3 is 15.8 Å². The van der Waals surface area contributed by atoms with Crippen molar-refractivity contribution in [1.29, 1.82) is 0 Å². The van der Waals surface area contributed by atoms with Gasteiger partial charge in [0.25, 0.3) is 0 Å². The average molecular weight is 276 g/mol. The highest BCUT2D eigenvalue weighted by Crippen LogP contribution is 2.32. The number of carbonyl (C=O) groups is 1. The second-order valence-corrected chi connectivity index (χ2v) is 6.05. The highest BCUT2D eigenvalue weighted by Gasteiger charge is 2.42. The zero-order valence-electron chi connectivity index (χ0n) is 12.5. The van der Waals surface area contributed by atoms with Crippen LogP contribution in [0, 0.1) is 12.8 Å². The largest absolute Gasteiger partial charge is 0.378 e. The molecule has 1 fully saturated rings. The van der Waals surface area contributed by atoms with Crippen molar-refractivity contribution in [2.45, 2.75) is 45.3 Å². The Hall–Kier alpha value is -1.55. The summed E-state index contributed by atoms with van der Waals surface area (Å²) >= 11 is 0. The fourth-order valence-electron chi connectivity index (χ4n) is 2.72. The number of nitrogens with one attached hydrogen (secondary N) is 1. The Kier molecular flexibility index (Phi) is 4.33. The number of primary amides is 1. The Labute approximate surface area is 120 Å². The van der Waals surface area contributed by atoms with E-state index in [0.717, 1.165) is 11.3 Å². The first-order valence-electron chi connectivity index (χ1n) is 7.19. The van der Waals surface area contributed by atoms with Gasteiger partial charge in [0.15, 0.2) is 0 Å². The molecule has 0 aromatic heterocycles. The maximum absolute atomic E-state index is 12.0. The first-order chi connectivity index (χ1) is 9.43. The number of hydrogen-bond acceptors (Lipinski definition) is 3. The van der Waals surface area contributed by atoms with E-state index in [4.69, 9.17) is 10.5 Å². The molecule has 1 aliphatic heterocycles. The summed E-state index contributed by atoms with van der Waals surface area (Å²) in [5.74, 6) is 0.0706. The number of benzene rings is 1. The predicted octanol–water partition coefficient (Wildman–Crippen LogP) is 2.47. The van der Waals surface area contributed by atoms with Gasteiger partial charge in [-0.3, -0.25) is 4.79 Å². The van der Waals surface area contributed by atoms with E-state index in [1.807, 2.05) is 31.2 Å². The summed E-state index contributed by atoms with van der Waals surface area (Å²) in [7, 11) is 0. The first-order valence-corrected chi connectivity index (χ1v) is 7.19. The van der Waals surface area contributed by atoms with Crippen molar-refractivity contribution in [3.63, 3.8) is 0 Å². The van der Waals surface area contributed by atoms with Crippen LogP contribution in [-0.2, 0) is 9.53 Å². The van der Waals surface area contributed by atoms with Gasteiger partial charge in [0, 0.05) is 25.1 Å². The molecule has 0 aliphatic carbocycles. The zero-order chi connectivity index (χ0) is 14.8. The summed E-state index contributed by atoms with van der Waals surface area (Å²) in [6.45, 7) is 6.80. The zero-order valence-corrected chi connectivity index (χ0v) is 12.5. The summed E-state index contributed by atoms with van der Waals surface area (Å²) in [6.07, 6.45) is 1.29. The number of hydrogen-bond donors (Lipinski definition) is 2. The van der Waals surface area contributed by atoms with Gasteiger partial charge in [-0.15, -0.1) is 0 Å². The molecule has 1 aromatic rings. The minimum Gasteiger partial charge on any atom is -0.378 e. The van der Waals surface area contributed by atoms with E-state index in [1.54, 1.807) is 0 Å². The van der Waals surface area contributed by atoms with Gasteiger partial charge in [0.1, 0.15) is 5.54 Å². The summed E-state index contributed by atoms with van der Waals surface area (Å²) < 4.78 is 5.76. The molecule has 1 saturated heterocycles. The molecule has 2 atom stereocenters. The standard InChI is InChI=1S/C16H24N2O2/c1-11(2)14-10-16(15(17)19,7-8-20-14)18-13-6-4-5-12(3)9-13/h4-6,9,11,14,18H,7-8,10H2,1-3H3,(H2,17,19). The summed E-state index contributed by atoms with van der Waals surface area (Å²) in [6, 6.07) is 8.01. The SMILES string of the molecule is Cc1cccc(NC2(C(N)=O)CCOC(C(C)C)C2)c1. The van der Waals surface area contributed by atoms with Crippen LogP contribution in [0.3, 0.4) is 0 Å². The van der Waals surface area contributed by atoms with Crippen LogP contribution in [0.1, 0.15) is 32.3 Å². The van der Waals surface area contributed by atoms with Gasteiger partial charge in [-0.25, -0.2) is 0 Å². The maximum atomic E-state index is 12.0. The molecule has 2 unspecified atom stereocenters. The topological polar surface area (TPSA) is 64.3 Å². The molecule has 4 nitrogen and oxygen atoms in total. The van der Waals surface area contributed by atoms with E-state index in [0.29, 0.717) is 25.4 Å². The molecular weight excluding hydrogens is 252 g/mol. The first kappa shape index (κ1) is 14.9. The van der Waals surface area contributed by atoms with Gasteiger partial charge in [-0.05, 0) is 30.5 Å². The van der Waals surface area contributed by atoms with Crippen LogP contribution < -0.4 is 11.1 Å². The molecular formula is C16H24N2O2. The van der Waals surface area contributed by atoms with Crippen molar-refractivity contribution in [2.75, 3.05) is 11.9 Å². The fraction of sp³-hybridized carbons (Fsp3) is 0.562. The molecule has 20 heavy (non-hydrogen) atoms. The van der Waals surface area contributed by atoms with E-state index in [-0.39, 0.29) is 12.0 Å². The lowest BCUT2D eigenvalue weighted by molar-refractivity contribution is -0.128. The Bertz CT molecular complexity index is 487. The van der Waals surface area contributed by atoms with E-state index in [2.05, 4.69) is 19.2 Å². The molecule has 2 rings (SSSR count). The number of rotatable bonds is 4. The van der Waals surface area contributed by atoms with Crippen LogP contribution in [-0.4, -0.2) is 24.2 Å². The number of nitrogens with two attached hydrogens (primary N) is 1. The van der Waals surface area contributed by atoms with Gasteiger partial charge in [0.05, 0.1) is 6.10 Å². The Morgan fingerprint density at radius 3 is 2.85 bits per heavy atom. The Balaban J connectivity index is 2.23. The third-order valence-electron chi connectivity index (χ3n) is 4.03. The Morgan fingerprint density at radius 2 is 2.25 bits per heavy atom. The number of ether oxygens (including phenoxy) is 1. The van der Waals surface area contributed by atoms with Crippen molar-refractivity contribution in [1.82, 2.24) is 0 Å².